The lowest BCUT2D eigenvalue weighted by atomic mass is 10.2. The van der Waals surface area contributed by atoms with Crippen molar-refractivity contribution in [3.05, 3.63) is 17.7 Å². The zero-order valence-corrected chi connectivity index (χ0v) is 15.8. The molecule has 140 valence electrons. The summed E-state index contributed by atoms with van der Waals surface area (Å²) in [4.78, 5) is 19.0. The first kappa shape index (κ1) is 18.4. The van der Waals surface area contributed by atoms with Gasteiger partial charge in [-0.25, -0.2) is 13.4 Å². The highest BCUT2D eigenvalue weighted by Crippen LogP contribution is 2.17. The third kappa shape index (κ3) is 4.82. The lowest BCUT2D eigenvalue weighted by Crippen LogP contribution is -2.42. The van der Waals surface area contributed by atoms with Gasteiger partial charge in [0.05, 0.1) is 25.0 Å². The molecular formula is C17H28N4O3S. The van der Waals surface area contributed by atoms with Gasteiger partial charge in [-0.2, -0.15) is 4.31 Å². The van der Waals surface area contributed by atoms with Crippen LogP contribution in [0.2, 0.25) is 0 Å². The van der Waals surface area contributed by atoms with E-state index in [-0.39, 0.29) is 19.0 Å². The Morgan fingerprint density at radius 3 is 2.44 bits per heavy atom. The fourth-order valence-electron chi connectivity index (χ4n) is 3.59. The summed E-state index contributed by atoms with van der Waals surface area (Å²) in [5.41, 5.74) is 0.728. The summed E-state index contributed by atoms with van der Waals surface area (Å²) in [7, 11) is -3.47. The van der Waals surface area contributed by atoms with Gasteiger partial charge in [-0.1, -0.05) is 12.8 Å². The van der Waals surface area contributed by atoms with Crippen molar-refractivity contribution < 1.29 is 13.2 Å². The molecule has 1 aromatic rings. The largest absolute Gasteiger partial charge is 0.342 e. The van der Waals surface area contributed by atoms with Gasteiger partial charge >= 0.3 is 0 Å². The van der Waals surface area contributed by atoms with Gasteiger partial charge in [0.25, 0.3) is 0 Å². The summed E-state index contributed by atoms with van der Waals surface area (Å²) in [5.74, 6) is 0.921. The highest BCUT2D eigenvalue weighted by molar-refractivity contribution is 7.88. The van der Waals surface area contributed by atoms with Crippen molar-refractivity contribution in [3.8, 4) is 0 Å². The van der Waals surface area contributed by atoms with Gasteiger partial charge in [0.15, 0.2) is 0 Å². The van der Waals surface area contributed by atoms with E-state index in [0.717, 1.165) is 76.1 Å². The molecule has 0 radical (unpaired) electrons. The molecule has 3 rings (SSSR count). The number of amides is 1. The smallest absolute Gasteiger partial charge is 0.237 e. The number of fused-ring (bicyclic) bond motifs is 1. The Kier molecular flexibility index (Phi) is 5.78. The van der Waals surface area contributed by atoms with Crippen LogP contribution in [0.5, 0.6) is 0 Å². The summed E-state index contributed by atoms with van der Waals surface area (Å²) in [6.07, 6.45) is 10.6. The van der Waals surface area contributed by atoms with Gasteiger partial charge in [-0.05, 0) is 25.7 Å². The minimum atomic E-state index is -3.47. The van der Waals surface area contributed by atoms with Crippen LogP contribution in [0, 0.1) is 0 Å². The number of carbonyl (C=O) groups is 1. The summed E-state index contributed by atoms with van der Waals surface area (Å²) >= 11 is 0. The number of hydrogen-bond acceptors (Lipinski definition) is 4. The van der Waals surface area contributed by atoms with E-state index in [2.05, 4.69) is 9.55 Å². The summed E-state index contributed by atoms with van der Waals surface area (Å²) in [5, 5.41) is 0. The molecule has 2 aliphatic rings. The Hall–Kier alpha value is -1.41. The van der Waals surface area contributed by atoms with Gasteiger partial charge in [-0.15, -0.1) is 0 Å². The average Bonchev–Trinajstić information content (AvgIpc) is 2.77. The Balaban J connectivity index is 1.69. The Morgan fingerprint density at radius 1 is 1.12 bits per heavy atom. The first-order chi connectivity index (χ1) is 11.9. The molecule has 0 N–H and O–H groups in total. The maximum Gasteiger partial charge on any atom is 0.237 e. The Morgan fingerprint density at radius 2 is 1.80 bits per heavy atom. The maximum absolute atomic E-state index is 12.6. The summed E-state index contributed by atoms with van der Waals surface area (Å²) < 4.78 is 27.7. The van der Waals surface area contributed by atoms with Gasteiger partial charge in [0.1, 0.15) is 5.82 Å². The van der Waals surface area contributed by atoms with Crippen LogP contribution in [-0.2, 0) is 34.3 Å². The van der Waals surface area contributed by atoms with E-state index in [9.17, 15) is 13.2 Å². The van der Waals surface area contributed by atoms with Gasteiger partial charge in [-0.3, -0.25) is 4.79 Å². The van der Waals surface area contributed by atoms with Crippen molar-refractivity contribution in [2.75, 3.05) is 25.9 Å². The molecule has 0 saturated carbocycles. The van der Waals surface area contributed by atoms with E-state index in [0.29, 0.717) is 0 Å². The molecule has 3 heterocycles. The number of rotatable bonds is 5. The molecule has 1 saturated heterocycles. The molecular weight excluding hydrogens is 340 g/mol. The monoisotopic (exact) mass is 368 g/mol. The third-order valence-corrected chi connectivity index (χ3v) is 6.23. The summed E-state index contributed by atoms with van der Waals surface area (Å²) in [6, 6.07) is 0. The van der Waals surface area contributed by atoms with Crippen molar-refractivity contribution in [2.24, 2.45) is 0 Å². The normalized spacial score (nSPS) is 18.9. The fourth-order valence-corrected chi connectivity index (χ4v) is 4.30. The van der Waals surface area contributed by atoms with Crippen molar-refractivity contribution in [1.82, 2.24) is 18.8 Å². The number of carbonyl (C=O) groups excluding carboxylic acids is 1. The molecule has 0 spiro atoms. The molecule has 0 unspecified atom stereocenters. The van der Waals surface area contributed by atoms with Crippen molar-refractivity contribution >= 4 is 15.9 Å². The zero-order valence-electron chi connectivity index (χ0n) is 15.0. The number of likely N-dealkylation sites (tertiary alicyclic amines) is 1. The van der Waals surface area contributed by atoms with Gasteiger partial charge < -0.3 is 9.47 Å². The van der Waals surface area contributed by atoms with Gasteiger partial charge in [0, 0.05) is 32.3 Å². The zero-order chi connectivity index (χ0) is 17.9. The van der Waals surface area contributed by atoms with Crippen LogP contribution in [0.4, 0.5) is 0 Å². The first-order valence-electron chi connectivity index (χ1n) is 9.21. The third-order valence-electron chi connectivity index (χ3n) is 5.04. The van der Waals surface area contributed by atoms with Crippen LogP contribution in [0.25, 0.3) is 0 Å². The first-order valence-corrected chi connectivity index (χ1v) is 11.1. The van der Waals surface area contributed by atoms with Crippen LogP contribution in [0.3, 0.4) is 0 Å². The lowest BCUT2D eigenvalue weighted by molar-refractivity contribution is -0.131. The molecule has 0 aliphatic carbocycles. The molecule has 1 amide bonds. The standard InChI is InChI=1S/C17H28N4O3S/c1-25(23,24)21(14-17(22)19-9-5-2-3-6-10-19)13-15-12-20-11-7-4-8-16(20)18-15/h12H,2-11,13-14H2,1H3. The fraction of sp³-hybridized carbons (Fsp3) is 0.765. The quantitative estimate of drug-likeness (QED) is 0.787. The highest BCUT2D eigenvalue weighted by atomic mass is 32.2. The van der Waals surface area contributed by atoms with E-state index in [1.807, 2.05) is 11.1 Å². The number of hydrogen-bond donors (Lipinski definition) is 0. The maximum atomic E-state index is 12.6. The van der Waals surface area contributed by atoms with E-state index in [1.54, 1.807) is 0 Å². The molecule has 0 bridgehead atoms. The second kappa shape index (κ2) is 7.86. The van der Waals surface area contributed by atoms with Crippen LogP contribution >= 0.6 is 0 Å². The summed E-state index contributed by atoms with van der Waals surface area (Å²) in [6.45, 7) is 2.47. The number of imidazole rings is 1. The second-order valence-electron chi connectivity index (χ2n) is 7.13. The van der Waals surface area contributed by atoms with Crippen LogP contribution in [-0.4, -0.2) is 59.0 Å². The molecule has 0 aromatic carbocycles. The molecule has 25 heavy (non-hydrogen) atoms. The Labute approximate surface area is 150 Å². The highest BCUT2D eigenvalue weighted by Gasteiger charge is 2.25. The molecule has 1 aromatic heterocycles. The van der Waals surface area contributed by atoms with Crippen molar-refractivity contribution in [1.29, 1.82) is 0 Å². The average molecular weight is 369 g/mol. The van der Waals surface area contributed by atoms with Crippen LogP contribution in [0.15, 0.2) is 6.20 Å². The number of aromatic nitrogens is 2. The SMILES string of the molecule is CS(=O)(=O)N(CC(=O)N1CCCCCC1)Cc1cn2c(n1)CCCC2. The topological polar surface area (TPSA) is 75.5 Å². The molecule has 7 nitrogen and oxygen atoms in total. The van der Waals surface area contributed by atoms with E-state index in [4.69, 9.17) is 0 Å². The number of aryl methyl sites for hydroxylation is 2. The van der Waals surface area contributed by atoms with Gasteiger partial charge in [0.2, 0.25) is 15.9 Å². The minimum absolute atomic E-state index is 0.0962. The van der Waals surface area contributed by atoms with Crippen LogP contribution in [0.1, 0.15) is 50.0 Å². The molecule has 2 aliphatic heterocycles. The van der Waals surface area contributed by atoms with Crippen LogP contribution < -0.4 is 0 Å². The predicted molar refractivity (Wildman–Crippen MR) is 95.5 cm³/mol. The number of sulfonamides is 1. The minimum Gasteiger partial charge on any atom is -0.342 e. The van der Waals surface area contributed by atoms with E-state index < -0.39 is 10.0 Å². The number of nitrogens with zero attached hydrogens (tertiary/aromatic N) is 4. The predicted octanol–water partition coefficient (Wildman–Crippen LogP) is 1.38. The Bertz CT molecular complexity index is 682. The molecule has 8 heteroatoms. The van der Waals surface area contributed by atoms with Crippen molar-refractivity contribution in [3.63, 3.8) is 0 Å². The second-order valence-corrected chi connectivity index (χ2v) is 9.11. The van der Waals surface area contributed by atoms with E-state index >= 15 is 0 Å². The van der Waals surface area contributed by atoms with Crippen molar-refractivity contribution in [2.45, 2.75) is 58.0 Å². The molecule has 1 fully saturated rings. The van der Waals surface area contributed by atoms with E-state index in [1.165, 1.54) is 10.6 Å². The lowest BCUT2D eigenvalue weighted by Gasteiger charge is -2.24. The molecule has 0 atom stereocenters.